The molecule has 2 fully saturated rings. The molecule has 4 rings (SSSR count). The predicted octanol–water partition coefficient (Wildman–Crippen LogP) is 2.46. The van der Waals surface area contributed by atoms with Gasteiger partial charge in [-0.25, -0.2) is 9.97 Å². The van der Waals surface area contributed by atoms with Gasteiger partial charge in [0.15, 0.2) is 10.9 Å². The van der Waals surface area contributed by atoms with Gasteiger partial charge in [-0.2, -0.15) is 0 Å². The molecule has 3 heterocycles. The lowest BCUT2D eigenvalue weighted by Gasteiger charge is -2.38. The van der Waals surface area contributed by atoms with Crippen LogP contribution in [0, 0.1) is 0 Å². The molecule has 0 atom stereocenters. The van der Waals surface area contributed by atoms with Gasteiger partial charge in [0.25, 0.3) is 0 Å². The van der Waals surface area contributed by atoms with Crippen molar-refractivity contribution in [1.82, 2.24) is 19.8 Å². The number of methoxy groups -OCH3 is 1. The fourth-order valence-corrected chi connectivity index (χ4v) is 4.11. The number of ether oxygens (including phenoxy) is 2. The lowest BCUT2D eigenvalue weighted by Crippen LogP contribution is -2.51. The van der Waals surface area contributed by atoms with E-state index in [0.29, 0.717) is 5.82 Å². The highest BCUT2D eigenvalue weighted by atomic mass is 32.1. The molecule has 1 aromatic carbocycles. The van der Waals surface area contributed by atoms with Gasteiger partial charge in [-0.15, -0.1) is 0 Å². The third-order valence-corrected chi connectivity index (χ3v) is 6.47. The number of anilines is 2. The van der Waals surface area contributed by atoms with Gasteiger partial charge in [-0.1, -0.05) is 18.2 Å². The van der Waals surface area contributed by atoms with Gasteiger partial charge in [-0.3, -0.25) is 0 Å². The summed E-state index contributed by atoms with van der Waals surface area (Å²) >= 11 is 5.55. The van der Waals surface area contributed by atoms with Crippen molar-refractivity contribution < 1.29 is 9.47 Å². The molecular weight excluding hydrogens is 436 g/mol. The Kier molecular flexibility index (Phi) is 7.61. The van der Waals surface area contributed by atoms with Gasteiger partial charge < -0.3 is 29.1 Å². The lowest BCUT2D eigenvalue weighted by molar-refractivity contribution is 0.122. The van der Waals surface area contributed by atoms with E-state index in [1.165, 1.54) is 0 Å². The number of aromatic nitrogens is 2. The van der Waals surface area contributed by atoms with Gasteiger partial charge in [0.2, 0.25) is 0 Å². The fraction of sp³-hybridized carbons (Fsp3) is 0.458. The number of rotatable bonds is 5. The quantitative estimate of drug-likeness (QED) is 0.616. The maximum absolute atomic E-state index is 5.55. The zero-order valence-corrected chi connectivity index (χ0v) is 20.4. The minimum absolute atomic E-state index is 0.705. The number of hydrogen-bond donors (Lipinski definition) is 0. The van der Waals surface area contributed by atoms with E-state index in [9.17, 15) is 0 Å². The number of thiocarbonyl (C=S) groups is 1. The molecule has 0 saturated carbocycles. The molecule has 2 saturated heterocycles. The number of morpholine rings is 1. The van der Waals surface area contributed by atoms with Crippen LogP contribution in [0.4, 0.5) is 11.6 Å². The molecule has 0 bridgehead atoms. The first-order valence-corrected chi connectivity index (χ1v) is 11.7. The van der Waals surface area contributed by atoms with Gasteiger partial charge in [-0.05, 0) is 36.0 Å². The minimum Gasteiger partial charge on any atom is -0.497 e. The zero-order valence-electron chi connectivity index (χ0n) is 19.6. The molecule has 0 aliphatic carbocycles. The van der Waals surface area contributed by atoms with Crippen molar-refractivity contribution in [3.63, 3.8) is 0 Å². The van der Waals surface area contributed by atoms with Crippen molar-refractivity contribution in [2.75, 3.05) is 83.5 Å². The highest BCUT2D eigenvalue weighted by molar-refractivity contribution is 7.80. The van der Waals surface area contributed by atoms with Gasteiger partial charge in [0.1, 0.15) is 17.4 Å². The number of nitrogens with zero attached hydrogens (tertiary/aromatic N) is 6. The average Bonchev–Trinajstić information content (AvgIpc) is 2.87. The highest BCUT2D eigenvalue weighted by Crippen LogP contribution is 2.23. The standard InChI is InChI=1S/C24H32N6O2S/c1-27(2)24(33)30-12-10-28(11-13-30)22-18-23(29-14-16-32-17-15-29)26-21(25-22)9-6-19-4-7-20(31-3)8-5-19/h4-9,18H,10-17H2,1-3H3. The normalized spacial score (nSPS) is 16.9. The number of hydrogen-bond acceptors (Lipinski definition) is 7. The third-order valence-electron chi connectivity index (χ3n) is 5.85. The van der Waals surface area contributed by atoms with Crippen LogP contribution in [0.3, 0.4) is 0 Å². The first kappa shape index (κ1) is 23.3. The molecule has 0 radical (unpaired) electrons. The van der Waals surface area contributed by atoms with Crippen LogP contribution in [0.15, 0.2) is 30.3 Å². The largest absolute Gasteiger partial charge is 0.497 e. The second kappa shape index (κ2) is 10.8. The van der Waals surface area contributed by atoms with Crippen LogP contribution in [-0.2, 0) is 4.74 Å². The van der Waals surface area contributed by atoms with Crippen LogP contribution in [0.5, 0.6) is 5.75 Å². The maximum Gasteiger partial charge on any atom is 0.171 e. The summed E-state index contributed by atoms with van der Waals surface area (Å²) in [7, 11) is 5.66. The Morgan fingerprint density at radius 3 is 2.12 bits per heavy atom. The molecule has 8 nitrogen and oxygen atoms in total. The van der Waals surface area contributed by atoms with Gasteiger partial charge in [0, 0.05) is 59.4 Å². The SMILES string of the molecule is COc1ccc(C=Cc2nc(N3CCOCC3)cc(N3CCN(C(=S)N(C)C)CC3)n2)cc1. The van der Waals surface area contributed by atoms with E-state index >= 15 is 0 Å². The summed E-state index contributed by atoms with van der Waals surface area (Å²) in [6.45, 7) is 6.61. The van der Waals surface area contributed by atoms with E-state index in [-0.39, 0.29) is 0 Å². The Labute approximate surface area is 201 Å². The second-order valence-electron chi connectivity index (χ2n) is 8.30. The Morgan fingerprint density at radius 1 is 0.939 bits per heavy atom. The molecule has 0 spiro atoms. The van der Waals surface area contributed by atoms with E-state index in [4.69, 9.17) is 31.7 Å². The van der Waals surface area contributed by atoms with Gasteiger partial charge in [0.05, 0.1) is 20.3 Å². The Bertz CT molecular complexity index is 967. The molecule has 2 aliphatic heterocycles. The molecular formula is C24H32N6O2S. The van der Waals surface area contributed by atoms with Crippen molar-refractivity contribution >= 4 is 41.1 Å². The van der Waals surface area contributed by atoms with E-state index in [0.717, 1.165) is 80.5 Å². The summed E-state index contributed by atoms with van der Waals surface area (Å²) in [4.78, 5) is 18.6. The third kappa shape index (κ3) is 5.91. The second-order valence-corrected chi connectivity index (χ2v) is 8.66. The first-order chi connectivity index (χ1) is 16.0. The Morgan fingerprint density at radius 2 is 1.55 bits per heavy atom. The summed E-state index contributed by atoms with van der Waals surface area (Å²) < 4.78 is 10.8. The topological polar surface area (TPSA) is 57.2 Å². The molecule has 176 valence electrons. The molecule has 2 aromatic rings. The van der Waals surface area contributed by atoms with E-state index in [1.807, 2.05) is 55.4 Å². The summed E-state index contributed by atoms with van der Waals surface area (Å²) in [6, 6.07) is 10.1. The van der Waals surface area contributed by atoms with Crippen LogP contribution < -0.4 is 14.5 Å². The summed E-state index contributed by atoms with van der Waals surface area (Å²) in [5, 5.41) is 0.884. The number of benzene rings is 1. The Balaban J connectivity index is 1.55. The van der Waals surface area contributed by atoms with E-state index < -0.39 is 0 Å². The minimum atomic E-state index is 0.705. The van der Waals surface area contributed by atoms with Crippen molar-refractivity contribution in [3.8, 4) is 5.75 Å². The molecule has 0 N–H and O–H groups in total. The molecule has 2 aliphatic rings. The van der Waals surface area contributed by atoms with Crippen LogP contribution in [0.1, 0.15) is 11.4 Å². The van der Waals surface area contributed by atoms with Crippen LogP contribution >= 0.6 is 12.2 Å². The summed E-state index contributed by atoms with van der Waals surface area (Å²) in [6.07, 6.45) is 4.02. The molecule has 0 amide bonds. The molecule has 1 aromatic heterocycles. The first-order valence-electron chi connectivity index (χ1n) is 11.3. The highest BCUT2D eigenvalue weighted by Gasteiger charge is 2.22. The monoisotopic (exact) mass is 468 g/mol. The van der Waals surface area contributed by atoms with Crippen LogP contribution in [0.25, 0.3) is 12.2 Å². The smallest absolute Gasteiger partial charge is 0.171 e. The Hall–Kier alpha value is -2.91. The number of piperazine rings is 1. The van der Waals surface area contributed by atoms with Crippen LogP contribution in [-0.4, -0.2) is 98.6 Å². The fourth-order valence-electron chi connectivity index (χ4n) is 3.93. The van der Waals surface area contributed by atoms with Crippen molar-refractivity contribution in [3.05, 3.63) is 41.7 Å². The van der Waals surface area contributed by atoms with Crippen LogP contribution in [0.2, 0.25) is 0 Å². The van der Waals surface area contributed by atoms with Crippen molar-refractivity contribution in [2.45, 2.75) is 0 Å². The summed E-state index contributed by atoms with van der Waals surface area (Å²) in [5.74, 6) is 3.45. The predicted molar refractivity (Wildman–Crippen MR) is 137 cm³/mol. The molecule has 33 heavy (non-hydrogen) atoms. The molecule has 0 unspecified atom stereocenters. The maximum atomic E-state index is 5.55. The zero-order chi connectivity index (χ0) is 23.2. The molecule has 9 heteroatoms. The summed E-state index contributed by atoms with van der Waals surface area (Å²) in [5.41, 5.74) is 1.07. The van der Waals surface area contributed by atoms with Crippen molar-refractivity contribution in [2.24, 2.45) is 0 Å². The average molecular weight is 469 g/mol. The van der Waals surface area contributed by atoms with E-state index in [2.05, 4.69) is 20.8 Å². The van der Waals surface area contributed by atoms with Crippen molar-refractivity contribution in [1.29, 1.82) is 0 Å². The van der Waals surface area contributed by atoms with Gasteiger partial charge >= 0.3 is 0 Å². The lowest BCUT2D eigenvalue weighted by atomic mass is 10.2. The van der Waals surface area contributed by atoms with E-state index in [1.54, 1.807) is 7.11 Å².